The van der Waals surface area contributed by atoms with Crippen molar-refractivity contribution in [3.8, 4) is 11.1 Å². The Morgan fingerprint density at radius 2 is 1.71 bits per heavy atom. The van der Waals surface area contributed by atoms with Crippen molar-refractivity contribution in [1.82, 2.24) is 19.8 Å². The molecular weight excluding hydrogens is 844 g/mol. The maximum atomic E-state index is 13.9. The Balaban J connectivity index is 0.865. The lowest BCUT2D eigenvalue weighted by molar-refractivity contribution is -0.384. The number of anilines is 3. The first kappa shape index (κ1) is 42.0. The zero-order valence-corrected chi connectivity index (χ0v) is 36.4. The molecule has 4 heterocycles. The van der Waals surface area contributed by atoms with Crippen LogP contribution in [0.4, 0.5) is 22.9 Å². The average molecular weight is 892 g/mol. The van der Waals surface area contributed by atoms with Gasteiger partial charge in [0, 0.05) is 90.7 Å². The summed E-state index contributed by atoms with van der Waals surface area (Å²) in [6.45, 7) is 6.64. The molecule has 0 radical (unpaired) electrons. The van der Waals surface area contributed by atoms with Gasteiger partial charge in [-0.15, -0.1) is 11.8 Å². The fourth-order valence-corrected chi connectivity index (χ4v) is 10.8. The van der Waals surface area contributed by atoms with E-state index in [1.807, 2.05) is 60.7 Å². The molecule has 5 aromatic carbocycles. The highest BCUT2D eigenvalue weighted by atomic mass is 35.5. The number of nitro benzene ring substituents is 1. The molecule has 0 saturated carbocycles. The van der Waals surface area contributed by atoms with Gasteiger partial charge in [0.25, 0.3) is 15.7 Å². The van der Waals surface area contributed by atoms with Gasteiger partial charge in [0.2, 0.25) is 0 Å². The van der Waals surface area contributed by atoms with Crippen molar-refractivity contribution >= 4 is 67.2 Å². The molecule has 9 rings (SSSR count). The summed E-state index contributed by atoms with van der Waals surface area (Å²) in [6.07, 6.45) is 3.40. The molecule has 3 aliphatic rings. The summed E-state index contributed by atoms with van der Waals surface area (Å²) in [5, 5.41) is 17.1. The van der Waals surface area contributed by atoms with Crippen LogP contribution in [0.3, 0.4) is 0 Å². The molecule has 0 aliphatic carbocycles. The van der Waals surface area contributed by atoms with E-state index in [1.54, 1.807) is 11.8 Å². The SMILES string of the molecule is O=[N+]([O-])c1cc(S(=O)(=O)Nc2ncnc3cc(N4CCN(Cc5ccccc5-c5ccc(Cl)cc5)CC4)ccc23)ccc1NC(CCN1C[C@H]2C[C@@H]1CO2)CSc1ccccc1. The Bertz CT molecular complexity index is 2650. The number of rotatable bonds is 16. The van der Waals surface area contributed by atoms with Crippen LogP contribution in [0.15, 0.2) is 131 Å². The van der Waals surface area contributed by atoms with E-state index in [0.29, 0.717) is 27.7 Å². The first-order chi connectivity index (χ1) is 30.1. The first-order valence-electron chi connectivity index (χ1n) is 20.8. The van der Waals surface area contributed by atoms with Gasteiger partial charge in [0.15, 0.2) is 5.82 Å². The zero-order chi connectivity index (χ0) is 42.6. The number of fused-ring (bicyclic) bond motifs is 3. The molecule has 3 atom stereocenters. The molecule has 3 saturated heterocycles. The number of hydrogen-bond donors (Lipinski definition) is 2. The van der Waals surface area contributed by atoms with Gasteiger partial charge in [-0.2, -0.15) is 0 Å². The van der Waals surface area contributed by atoms with Crippen molar-refractivity contribution in [2.45, 2.75) is 47.4 Å². The van der Waals surface area contributed by atoms with Gasteiger partial charge in [-0.1, -0.05) is 66.2 Å². The highest BCUT2D eigenvalue weighted by molar-refractivity contribution is 7.99. The van der Waals surface area contributed by atoms with Crippen LogP contribution in [-0.4, -0.2) is 103 Å². The summed E-state index contributed by atoms with van der Waals surface area (Å²) in [5.41, 5.74) is 5.10. The number of morpholine rings is 1. The largest absolute Gasteiger partial charge is 0.376 e. The van der Waals surface area contributed by atoms with Gasteiger partial charge >= 0.3 is 0 Å². The van der Waals surface area contributed by atoms with Gasteiger partial charge in [-0.25, -0.2) is 18.4 Å². The molecule has 1 unspecified atom stereocenters. The molecule has 0 spiro atoms. The maximum Gasteiger partial charge on any atom is 0.293 e. The molecule has 3 fully saturated rings. The third-order valence-corrected chi connectivity index (χ3v) is 14.7. The van der Waals surface area contributed by atoms with E-state index >= 15 is 0 Å². The lowest BCUT2D eigenvalue weighted by Gasteiger charge is -2.36. The van der Waals surface area contributed by atoms with E-state index in [0.717, 1.165) is 87.5 Å². The number of benzene rings is 5. The normalized spacial score (nSPS) is 18.6. The fourth-order valence-electron chi connectivity index (χ4n) is 8.64. The standard InChI is InChI=1S/C46H47ClN8O5S2/c47-34-12-10-32(11-13-34)41-9-5-4-6-33(41)27-52-20-22-53(23-21-52)36-14-16-42-44(25-36)48-31-49-46(42)51-62(58,59)40-15-17-43(45(26-40)55(56)57)50-35(30-61-39-7-2-1-3-8-39)18-19-54-28-38-24-37(54)29-60-38/h1-17,25-26,31,35,37-38,50H,18-24,27-30H2,(H,48,49,51)/t35?,37-,38-/m1/s1. The third-order valence-electron chi connectivity index (χ3n) is 12.0. The van der Waals surface area contributed by atoms with Crippen molar-refractivity contribution in [3.63, 3.8) is 0 Å². The van der Waals surface area contributed by atoms with Gasteiger partial charge in [0.05, 0.1) is 28.0 Å². The summed E-state index contributed by atoms with van der Waals surface area (Å²) in [6, 6.07) is 36.4. The second kappa shape index (κ2) is 18.6. The second-order valence-electron chi connectivity index (χ2n) is 16.0. The van der Waals surface area contributed by atoms with E-state index in [-0.39, 0.29) is 34.2 Å². The molecule has 2 N–H and O–H groups in total. The van der Waals surface area contributed by atoms with E-state index in [4.69, 9.17) is 16.3 Å². The molecule has 6 aromatic rings. The Hall–Kier alpha value is -5.29. The zero-order valence-electron chi connectivity index (χ0n) is 34.0. The quantitative estimate of drug-likeness (QED) is 0.0547. The summed E-state index contributed by atoms with van der Waals surface area (Å²) >= 11 is 7.83. The van der Waals surface area contributed by atoms with Gasteiger partial charge in [-0.3, -0.25) is 24.6 Å². The van der Waals surface area contributed by atoms with Crippen LogP contribution in [0.2, 0.25) is 5.02 Å². The number of nitro groups is 1. The predicted octanol–water partition coefficient (Wildman–Crippen LogP) is 8.42. The number of halogens is 1. The van der Waals surface area contributed by atoms with Gasteiger partial charge in [0.1, 0.15) is 12.0 Å². The Morgan fingerprint density at radius 1 is 0.919 bits per heavy atom. The number of ether oxygens (including phenoxy) is 1. The van der Waals surface area contributed by atoms with Crippen molar-refractivity contribution in [2.24, 2.45) is 0 Å². The third kappa shape index (κ3) is 9.68. The maximum absolute atomic E-state index is 13.9. The Morgan fingerprint density at radius 3 is 2.47 bits per heavy atom. The number of likely N-dealkylation sites (tertiary alicyclic amines) is 1. The van der Waals surface area contributed by atoms with Crippen LogP contribution < -0.4 is 14.9 Å². The summed E-state index contributed by atoms with van der Waals surface area (Å²) in [4.78, 5) is 28.8. The number of piperazine rings is 1. The van der Waals surface area contributed by atoms with Gasteiger partial charge in [-0.05, 0) is 84.1 Å². The van der Waals surface area contributed by atoms with Crippen LogP contribution in [0.25, 0.3) is 22.0 Å². The molecule has 3 aliphatic heterocycles. The number of aromatic nitrogens is 2. The molecule has 13 nitrogen and oxygen atoms in total. The Kier molecular flexibility index (Phi) is 12.6. The van der Waals surface area contributed by atoms with E-state index < -0.39 is 14.9 Å². The van der Waals surface area contributed by atoms with Crippen molar-refractivity contribution in [2.75, 3.05) is 66.6 Å². The van der Waals surface area contributed by atoms with E-state index in [1.165, 1.54) is 29.6 Å². The molecular formula is C46H47ClN8O5S2. The highest BCUT2D eigenvalue weighted by Gasteiger charge is 2.38. The van der Waals surface area contributed by atoms with Crippen molar-refractivity contribution in [3.05, 3.63) is 142 Å². The van der Waals surface area contributed by atoms with Crippen LogP contribution in [0.5, 0.6) is 0 Å². The number of thioether (sulfide) groups is 1. The van der Waals surface area contributed by atoms with Crippen LogP contribution in [-0.2, 0) is 21.3 Å². The van der Waals surface area contributed by atoms with Gasteiger partial charge < -0.3 is 15.0 Å². The summed E-state index contributed by atoms with van der Waals surface area (Å²) in [7, 11) is -4.28. The monoisotopic (exact) mass is 890 g/mol. The minimum atomic E-state index is -4.28. The predicted molar refractivity (Wildman–Crippen MR) is 247 cm³/mol. The average Bonchev–Trinajstić information content (AvgIpc) is 3.92. The van der Waals surface area contributed by atoms with Crippen LogP contribution >= 0.6 is 23.4 Å². The minimum Gasteiger partial charge on any atom is -0.376 e. The van der Waals surface area contributed by atoms with Crippen molar-refractivity contribution < 1.29 is 18.1 Å². The molecule has 0 amide bonds. The number of sulfonamides is 1. The fraction of sp³-hybridized carbons (Fsp3) is 0.304. The van der Waals surface area contributed by atoms with Crippen LogP contribution in [0, 0.1) is 10.1 Å². The number of hydrogen-bond acceptors (Lipinski definition) is 12. The van der Waals surface area contributed by atoms with E-state index in [2.05, 4.69) is 71.1 Å². The first-order valence-corrected chi connectivity index (χ1v) is 23.7. The molecule has 16 heteroatoms. The lowest BCUT2D eigenvalue weighted by atomic mass is 9.99. The molecule has 62 heavy (non-hydrogen) atoms. The van der Waals surface area contributed by atoms with Crippen molar-refractivity contribution in [1.29, 1.82) is 0 Å². The molecule has 2 bridgehead atoms. The smallest absolute Gasteiger partial charge is 0.293 e. The molecule has 1 aromatic heterocycles. The summed E-state index contributed by atoms with van der Waals surface area (Å²) < 4.78 is 36.1. The molecule has 320 valence electrons. The number of nitrogens with one attached hydrogen (secondary N) is 2. The highest BCUT2D eigenvalue weighted by Crippen LogP contribution is 2.34. The van der Waals surface area contributed by atoms with E-state index in [9.17, 15) is 18.5 Å². The lowest BCUT2D eigenvalue weighted by Crippen LogP contribution is -2.46. The summed E-state index contributed by atoms with van der Waals surface area (Å²) in [5.74, 6) is 0.760. The Labute approximate surface area is 370 Å². The van der Waals surface area contributed by atoms with Crippen LogP contribution in [0.1, 0.15) is 18.4 Å². The minimum absolute atomic E-state index is 0.0922. The number of nitrogens with zero attached hydrogens (tertiary/aromatic N) is 6. The topological polar surface area (TPSA) is 146 Å². The second-order valence-corrected chi connectivity index (χ2v) is 19.2.